The SMILES string of the molecule is CCCCCCCCCCCCc1ccc(-c2ccc(C(=O)O)cc2)c(OC(=S)c2ccccc2)c1. The van der Waals surface area contributed by atoms with Gasteiger partial charge in [-0.25, -0.2) is 4.79 Å². The van der Waals surface area contributed by atoms with Crippen molar-refractivity contribution in [2.75, 3.05) is 0 Å². The third kappa shape index (κ3) is 8.91. The fraction of sp³-hybridized carbons (Fsp3) is 0.375. The van der Waals surface area contributed by atoms with Crippen LogP contribution in [-0.2, 0) is 6.42 Å². The van der Waals surface area contributed by atoms with Crippen molar-refractivity contribution in [3.05, 3.63) is 89.5 Å². The molecular weight excluding hydrogens is 464 g/mol. The molecule has 0 heterocycles. The zero-order valence-electron chi connectivity index (χ0n) is 21.4. The molecule has 0 saturated carbocycles. The lowest BCUT2D eigenvalue weighted by Crippen LogP contribution is -2.08. The molecule has 0 saturated heterocycles. The van der Waals surface area contributed by atoms with E-state index in [4.69, 9.17) is 17.0 Å². The summed E-state index contributed by atoms with van der Waals surface area (Å²) >= 11 is 5.59. The molecule has 0 aliphatic heterocycles. The van der Waals surface area contributed by atoms with Gasteiger partial charge in [-0.3, -0.25) is 0 Å². The number of unbranched alkanes of at least 4 members (excludes halogenated alkanes) is 9. The first-order valence-electron chi connectivity index (χ1n) is 13.3. The molecule has 0 aliphatic rings. The van der Waals surface area contributed by atoms with Crippen molar-refractivity contribution in [3.63, 3.8) is 0 Å². The van der Waals surface area contributed by atoms with E-state index in [1.165, 1.54) is 63.4 Å². The Labute approximate surface area is 221 Å². The molecular formula is C32H38O3S. The van der Waals surface area contributed by atoms with Crippen LogP contribution in [0, 0.1) is 0 Å². The zero-order valence-corrected chi connectivity index (χ0v) is 22.2. The third-order valence-electron chi connectivity index (χ3n) is 6.52. The molecule has 0 atom stereocenters. The summed E-state index contributed by atoms with van der Waals surface area (Å²) in [5, 5.41) is 9.66. The van der Waals surface area contributed by atoms with Crippen molar-refractivity contribution in [1.82, 2.24) is 0 Å². The van der Waals surface area contributed by atoms with Gasteiger partial charge in [0.1, 0.15) is 5.75 Å². The van der Waals surface area contributed by atoms with Gasteiger partial charge in [-0.2, -0.15) is 0 Å². The Balaban J connectivity index is 1.63. The van der Waals surface area contributed by atoms with Crippen LogP contribution < -0.4 is 4.74 Å². The number of rotatable bonds is 15. The van der Waals surface area contributed by atoms with Crippen molar-refractivity contribution in [1.29, 1.82) is 0 Å². The molecule has 0 fully saturated rings. The van der Waals surface area contributed by atoms with Gasteiger partial charge in [0.25, 0.3) is 0 Å². The molecule has 3 rings (SSSR count). The lowest BCUT2D eigenvalue weighted by molar-refractivity contribution is 0.0697. The molecule has 0 spiro atoms. The summed E-state index contributed by atoms with van der Waals surface area (Å²) in [6, 6.07) is 22.9. The first-order valence-corrected chi connectivity index (χ1v) is 13.7. The molecule has 3 aromatic carbocycles. The molecule has 0 aliphatic carbocycles. The van der Waals surface area contributed by atoms with E-state index in [0.29, 0.717) is 10.8 Å². The number of carboxylic acids is 1. The number of thiocarbonyl (C=S) groups is 1. The molecule has 0 amide bonds. The van der Waals surface area contributed by atoms with Crippen LogP contribution >= 0.6 is 12.2 Å². The predicted molar refractivity (Wildman–Crippen MR) is 153 cm³/mol. The maximum Gasteiger partial charge on any atom is 0.335 e. The molecule has 0 bridgehead atoms. The Bertz CT molecular complexity index is 1090. The highest BCUT2D eigenvalue weighted by Crippen LogP contribution is 2.33. The quantitative estimate of drug-likeness (QED) is 0.166. The van der Waals surface area contributed by atoms with Crippen molar-refractivity contribution in [2.24, 2.45) is 0 Å². The summed E-state index contributed by atoms with van der Waals surface area (Å²) in [4.78, 5) is 11.3. The molecule has 0 unspecified atom stereocenters. The normalized spacial score (nSPS) is 10.8. The topological polar surface area (TPSA) is 46.5 Å². The fourth-order valence-corrected chi connectivity index (χ4v) is 4.61. The standard InChI is InChI=1S/C32H38O3S/c1-2-3-4-5-6-7-8-9-10-12-15-25-18-23-29(26-19-21-27(22-20-26)31(33)34)30(24-25)35-32(36)28-16-13-11-14-17-28/h11,13-14,16-24H,2-10,12,15H2,1H3,(H,33,34). The first kappa shape index (κ1) is 27.6. The molecule has 0 aromatic heterocycles. The number of hydrogen-bond donors (Lipinski definition) is 1. The molecule has 190 valence electrons. The van der Waals surface area contributed by atoms with Crippen LogP contribution in [0.25, 0.3) is 11.1 Å². The van der Waals surface area contributed by atoms with Crippen LogP contribution in [0.2, 0.25) is 0 Å². The van der Waals surface area contributed by atoms with Crippen LogP contribution in [0.3, 0.4) is 0 Å². The van der Waals surface area contributed by atoms with Gasteiger partial charge in [-0.15, -0.1) is 0 Å². The maximum absolute atomic E-state index is 11.3. The van der Waals surface area contributed by atoms with Gasteiger partial charge in [0, 0.05) is 11.1 Å². The van der Waals surface area contributed by atoms with E-state index in [-0.39, 0.29) is 5.56 Å². The second-order valence-electron chi connectivity index (χ2n) is 9.40. The van der Waals surface area contributed by atoms with Crippen LogP contribution in [0.1, 0.15) is 92.6 Å². The van der Waals surface area contributed by atoms with Gasteiger partial charge in [0.05, 0.1) is 5.56 Å². The molecule has 1 N–H and O–H groups in total. The highest BCUT2D eigenvalue weighted by Gasteiger charge is 2.13. The Hall–Kier alpha value is -2.98. The number of hydrogen-bond acceptors (Lipinski definition) is 3. The lowest BCUT2D eigenvalue weighted by atomic mass is 9.98. The largest absolute Gasteiger partial charge is 0.478 e. The number of aromatic carboxylic acids is 1. The van der Waals surface area contributed by atoms with Crippen molar-refractivity contribution in [2.45, 2.75) is 77.6 Å². The maximum atomic E-state index is 11.3. The Morgan fingerprint density at radius 2 is 1.36 bits per heavy atom. The van der Waals surface area contributed by atoms with Gasteiger partial charge in [0.2, 0.25) is 0 Å². The van der Waals surface area contributed by atoms with Gasteiger partial charge >= 0.3 is 5.97 Å². The average molecular weight is 503 g/mol. The van der Waals surface area contributed by atoms with E-state index in [2.05, 4.69) is 25.1 Å². The van der Waals surface area contributed by atoms with Crippen molar-refractivity contribution >= 4 is 23.2 Å². The number of aryl methyl sites for hydroxylation is 1. The molecule has 3 aromatic rings. The second kappa shape index (κ2) is 15.2. The smallest absolute Gasteiger partial charge is 0.335 e. The summed E-state index contributed by atoms with van der Waals surface area (Å²) in [5.74, 6) is -0.230. The van der Waals surface area contributed by atoms with Crippen molar-refractivity contribution in [3.8, 4) is 16.9 Å². The lowest BCUT2D eigenvalue weighted by Gasteiger charge is -2.14. The van der Waals surface area contributed by atoms with Crippen LogP contribution in [0.5, 0.6) is 5.75 Å². The van der Waals surface area contributed by atoms with E-state index >= 15 is 0 Å². The zero-order chi connectivity index (χ0) is 25.6. The minimum absolute atomic E-state index is 0.263. The van der Waals surface area contributed by atoms with Gasteiger partial charge in [-0.1, -0.05) is 119 Å². The highest BCUT2D eigenvalue weighted by atomic mass is 32.1. The Morgan fingerprint density at radius 1 is 0.750 bits per heavy atom. The monoisotopic (exact) mass is 502 g/mol. The van der Waals surface area contributed by atoms with E-state index in [1.54, 1.807) is 12.1 Å². The summed E-state index contributed by atoms with van der Waals surface area (Å²) in [6.45, 7) is 2.26. The third-order valence-corrected chi connectivity index (χ3v) is 6.84. The summed E-state index contributed by atoms with van der Waals surface area (Å²) in [5.41, 5.74) is 4.15. The number of ether oxygens (including phenoxy) is 1. The first-order chi connectivity index (χ1) is 17.6. The average Bonchev–Trinajstić information content (AvgIpc) is 2.90. The molecule has 4 heteroatoms. The second-order valence-corrected chi connectivity index (χ2v) is 9.77. The molecule has 3 nitrogen and oxygen atoms in total. The van der Waals surface area contributed by atoms with Crippen LogP contribution in [-0.4, -0.2) is 16.1 Å². The predicted octanol–water partition coefficient (Wildman–Crippen LogP) is 9.27. The highest BCUT2D eigenvalue weighted by molar-refractivity contribution is 7.80. The molecule has 36 heavy (non-hydrogen) atoms. The van der Waals surface area contributed by atoms with E-state index < -0.39 is 5.97 Å². The number of carbonyl (C=O) groups is 1. The molecule has 0 radical (unpaired) electrons. The minimum Gasteiger partial charge on any atom is -0.478 e. The van der Waals surface area contributed by atoms with Gasteiger partial charge in [0.15, 0.2) is 5.05 Å². The van der Waals surface area contributed by atoms with E-state index in [0.717, 1.165) is 29.5 Å². The van der Waals surface area contributed by atoms with E-state index in [1.807, 2.05) is 42.5 Å². The van der Waals surface area contributed by atoms with Gasteiger partial charge < -0.3 is 9.84 Å². The Morgan fingerprint density at radius 3 is 1.97 bits per heavy atom. The summed E-state index contributed by atoms with van der Waals surface area (Å²) in [7, 11) is 0. The number of carboxylic acid groups (broad SMARTS) is 1. The summed E-state index contributed by atoms with van der Waals surface area (Å²) in [6.07, 6.45) is 14.2. The Kier molecular flexibility index (Phi) is 11.7. The van der Waals surface area contributed by atoms with Crippen LogP contribution in [0.4, 0.5) is 0 Å². The van der Waals surface area contributed by atoms with Crippen LogP contribution in [0.15, 0.2) is 72.8 Å². The summed E-state index contributed by atoms with van der Waals surface area (Å²) < 4.78 is 6.22. The minimum atomic E-state index is -0.935. The van der Waals surface area contributed by atoms with E-state index in [9.17, 15) is 9.90 Å². The fourth-order valence-electron chi connectivity index (χ4n) is 4.39. The van der Waals surface area contributed by atoms with Crippen molar-refractivity contribution < 1.29 is 14.6 Å². The number of benzene rings is 3. The van der Waals surface area contributed by atoms with Gasteiger partial charge in [-0.05, 0) is 54.4 Å².